The van der Waals surface area contributed by atoms with Crippen molar-refractivity contribution in [3.63, 3.8) is 0 Å². The van der Waals surface area contributed by atoms with Gasteiger partial charge in [-0.3, -0.25) is 0 Å². The second-order valence-corrected chi connectivity index (χ2v) is 2.18. The minimum atomic E-state index is 0.314. The first-order valence-corrected chi connectivity index (χ1v) is 2.90. The SMILES string of the molecule is [B]N1CCOC(C)C1. The Bertz CT molecular complexity index is 70.8. The van der Waals surface area contributed by atoms with E-state index in [1.165, 1.54) is 0 Å². The highest BCUT2D eigenvalue weighted by molar-refractivity contribution is 6.04. The Hall–Kier alpha value is -0.0151. The molecule has 1 atom stereocenters. The summed E-state index contributed by atoms with van der Waals surface area (Å²) in [7, 11) is 5.48. The molecule has 0 aromatic heterocycles. The monoisotopic (exact) mass is 111 g/mol. The molecule has 1 unspecified atom stereocenters. The Morgan fingerprint density at radius 1 is 1.75 bits per heavy atom. The molecule has 2 nitrogen and oxygen atoms in total. The van der Waals surface area contributed by atoms with E-state index in [1.54, 1.807) is 4.81 Å². The van der Waals surface area contributed by atoms with Crippen LogP contribution in [0.5, 0.6) is 0 Å². The molecule has 0 N–H and O–H groups in total. The molecule has 44 valence electrons. The van der Waals surface area contributed by atoms with Gasteiger partial charge in [0.25, 0.3) is 0 Å². The van der Waals surface area contributed by atoms with E-state index in [2.05, 4.69) is 0 Å². The average molecular weight is 111 g/mol. The van der Waals surface area contributed by atoms with E-state index in [9.17, 15) is 0 Å². The zero-order valence-electron chi connectivity index (χ0n) is 5.13. The molecule has 0 aliphatic carbocycles. The Labute approximate surface area is 51.2 Å². The molecule has 0 aromatic rings. The summed E-state index contributed by atoms with van der Waals surface area (Å²) in [5.41, 5.74) is 0. The third-order valence-corrected chi connectivity index (χ3v) is 1.27. The molecule has 0 aromatic carbocycles. The summed E-state index contributed by atoms with van der Waals surface area (Å²) in [6, 6.07) is 0. The van der Waals surface area contributed by atoms with Crippen molar-refractivity contribution in [2.45, 2.75) is 13.0 Å². The Morgan fingerprint density at radius 2 is 2.50 bits per heavy atom. The number of ether oxygens (including phenoxy) is 1. The Morgan fingerprint density at radius 3 is 2.88 bits per heavy atom. The second kappa shape index (κ2) is 2.51. The van der Waals surface area contributed by atoms with Gasteiger partial charge in [-0.15, -0.1) is 0 Å². The lowest BCUT2D eigenvalue weighted by Gasteiger charge is -2.27. The molecule has 2 radical (unpaired) electrons. The van der Waals surface area contributed by atoms with Crippen molar-refractivity contribution in [3.8, 4) is 0 Å². The molecule has 0 saturated carbocycles. The van der Waals surface area contributed by atoms with Gasteiger partial charge in [-0.2, -0.15) is 0 Å². The van der Waals surface area contributed by atoms with Crippen LogP contribution in [0.25, 0.3) is 0 Å². The molecule has 0 spiro atoms. The molecule has 3 heteroatoms. The van der Waals surface area contributed by atoms with Crippen molar-refractivity contribution in [2.24, 2.45) is 0 Å². The van der Waals surface area contributed by atoms with Gasteiger partial charge >= 0.3 is 0 Å². The molecule has 1 heterocycles. The fourth-order valence-corrected chi connectivity index (χ4v) is 0.845. The van der Waals surface area contributed by atoms with Crippen LogP contribution in [0.1, 0.15) is 6.92 Å². The molecule has 1 saturated heterocycles. The van der Waals surface area contributed by atoms with Crippen molar-refractivity contribution in [1.29, 1.82) is 0 Å². The summed E-state index contributed by atoms with van der Waals surface area (Å²) in [6.07, 6.45) is 0.314. The molecule has 8 heavy (non-hydrogen) atoms. The number of nitrogens with zero attached hydrogens (tertiary/aromatic N) is 1. The molecule has 1 rings (SSSR count). The van der Waals surface area contributed by atoms with E-state index in [0.29, 0.717) is 6.10 Å². The van der Waals surface area contributed by atoms with Gasteiger partial charge in [0.15, 0.2) is 7.98 Å². The summed E-state index contributed by atoms with van der Waals surface area (Å²) < 4.78 is 5.23. The molecular formula is C5H10BNO. The van der Waals surface area contributed by atoms with E-state index >= 15 is 0 Å². The topological polar surface area (TPSA) is 12.5 Å². The van der Waals surface area contributed by atoms with Crippen LogP contribution >= 0.6 is 0 Å². The van der Waals surface area contributed by atoms with E-state index in [4.69, 9.17) is 12.7 Å². The predicted octanol–water partition coefficient (Wildman–Crippen LogP) is -0.209. The van der Waals surface area contributed by atoms with Crippen LogP contribution in [-0.2, 0) is 4.74 Å². The molecular weight excluding hydrogens is 101 g/mol. The van der Waals surface area contributed by atoms with Gasteiger partial charge in [-0.1, -0.05) is 0 Å². The smallest absolute Gasteiger partial charge is 0.182 e. The molecule has 0 bridgehead atoms. The standard InChI is InChI=1S/C5H10BNO/c1-5-4-7(6)2-3-8-5/h5H,2-4H2,1H3. The zero-order chi connectivity index (χ0) is 5.98. The highest BCUT2D eigenvalue weighted by Crippen LogP contribution is 1.99. The highest BCUT2D eigenvalue weighted by atomic mass is 16.5. The van der Waals surface area contributed by atoms with Crippen LogP contribution in [0.2, 0.25) is 0 Å². The van der Waals surface area contributed by atoms with Crippen LogP contribution in [0.15, 0.2) is 0 Å². The van der Waals surface area contributed by atoms with E-state index in [0.717, 1.165) is 19.7 Å². The van der Waals surface area contributed by atoms with Crippen LogP contribution < -0.4 is 0 Å². The van der Waals surface area contributed by atoms with Gasteiger partial charge in [-0.25, -0.2) is 0 Å². The van der Waals surface area contributed by atoms with Crippen molar-refractivity contribution in [3.05, 3.63) is 0 Å². The van der Waals surface area contributed by atoms with Gasteiger partial charge in [0.2, 0.25) is 0 Å². The summed E-state index contributed by atoms with van der Waals surface area (Å²) in [5.74, 6) is 0. The van der Waals surface area contributed by atoms with Gasteiger partial charge in [0.05, 0.1) is 12.7 Å². The minimum Gasteiger partial charge on any atom is -0.376 e. The molecule has 1 aliphatic heterocycles. The van der Waals surface area contributed by atoms with E-state index < -0.39 is 0 Å². The third-order valence-electron chi connectivity index (χ3n) is 1.27. The molecule has 0 amide bonds. The largest absolute Gasteiger partial charge is 0.376 e. The molecule has 1 fully saturated rings. The Balaban J connectivity index is 2.23. The summed E-state index contributed by atoms with van der Waals surface area (Å²) in [4.78, 5) is 1.79. The summed E-state index contributed by atoms with van der Waals surface area (Å²) in [5, 5.41) is 0. The maximum atomic E-state index is 5.48. The number of morpholine rings is 1. The molecule has 1 aliphatic rings. The Kier molecular flexibility index (Phi) is 1.92. The summed E-state index contributed by atoms with van der Waals surface area (Å²) in [6.45, 7) is 4.53. The van der Waals surface area contributed by atoms with Crippen molar-refractivity contribution < 1.29 is 4.74 Å². The van der Waals surface area contributed by atoms with Crippen LogP contribution in [0, 0.1) is 0 Å². The van der Waals surface area contributed by atoms with E-state index in [-0.39, 0.29) is 0 Å². The van der Waals surface area contributed by atoms with Gasteiger partial charge in [0, 0.05) is 13.1 Å². The fraction of sp³-hybridized carbons (Fsp3) is 1.00. The first kappa shape index (κ1) is 6.11. The van der Waals surface area contributed by atoms with Crippen LogP contribution in [0.4, 0.5) is 0 Å². The van der Waals surface area contributed by atoms with Crippen molar-refractivity contribution in [1.82, 2.24) is 4.81 Å². The second-order valence-electron chi connectivity index (χ2n) is 2.18. The predicted molar refractivity (Wildman–Crippen MR) is 32.7 cm³/mol. The number of hydrogen-bond donors (Lipinski definition) is 0. The van der Waals surface area contributed by atoms with Gasteiger partial charge < -0.3 is 9.55 Å². The van der Waals surface area contributed by atoms with Gasteiger partial charge in [-0.05, 0) is 6.92 Å². The number of hydrogen-bond acceptors (Lipinski definition) is 2. The fourth-order valence-electron chi connectivity index (χ4n) is 0.845. The lowest BCUT2D eigenvalue weighted by molar-refractivity contribution is 0.0106. The lowest BCUT2D eigenvalue weighted by atomic mass is 10.2. The van der Waals surface area contributed by atoms with Crippen LogP contribution in [-0.4, -0.2) is 38.6 Å². The third kappa shape index (κ3) is 1.49. The number of rotatable bonds is 0. The lowest BCUT2D eigenvalue weighted by Crippen LogP contribution is -2.39. The van der Waals surface area contributed by atoms with Crippen LogP contribution in [0.3, 0.4) is 0 Å². The quantitative estimate of drug-likeness (QED) is 0.401. The maximum absolute atomic E-state index is 5.48. The first-order chi connectivity index (χ1) is 3.79. The van der Waals surface area contributed by atoms with E-state index in [1.807, 2.05) is 6.92 Å². The normalized spacial score (nSPS) is 32.9. The maximum Gasteiger partial charge on any atom is 0.182 e. The zero-order valence-corrected chi connectivity index (χ0v) is 5.13. The van der Waals surface area contributed by atoms with Crippen molar-refractivity contribution >= 4 is 7.98 Å². The summed E-state index contributed by atoms with van der Waals surface area (Å²) >= 11 is 0. The minimum absolute atomic E-state index is 0.314. The van der Waals surface area contributed by atoms with Gasteiger partial charge in [0.1, 0.15) is 0 Å². The highest BCUT2D eigenvalue weighted by Gasteiger charge is 2.10. The average Bonchev–Trinajstić information content (AvgIpc) is 1.64. The van der Waals surface area contributed by atoms with Crippen molar-refractivity contribution in [2.75, 3.05) is 19.7 Å². The first-order valence-electron chi connectivity index (χ1n) is 2.90.